The first-order valence-corrected chi connectivity index (χ1v) is 9.58. The van der Waals surface area contributed by atoms with Crippen LogP contribution in [0.2, 0.25) is 0 Å². The molecule has 1 aliphatic rings. The van der Waals surface area contributed by atoms with Crippen molar-refractivity contribution in [3.05, 3.63) is 64.2 Å². The lowest BCUT2D eigenvalue weighted by Gasteiger charge is -2.26. The van der Waals surface area contributed by atoms with E-state index in [2.05, 4.69) is 90.9 Å². The van der Waals surface area contributed by atoms with Crippen molar-refractivity contribution in [1.82, 2.24) is 0 Å². The molecule has 0 saturated heterocycles. The zero-order valence-corrected chi connectivity index (χ0v) is 17.0. The summed E-state index contributed by atoms with van der Waals surface area (Å²) >= 11 is 0. The Balaban J connectivity index is 2.33. The maximum atomic E-state index is 2.48. The summed E-state index contributed by atoms with van der Waals surface area (Å²) in [5.74, 6) is 0. The minimum absolute atomic E-state index is 0.129. The second-order valence-electron chi connectivity index (χ2n) is 9.42. The predicted octanol–water partition coefficient (Wildman–Crippen LogP) is 7.20. The van der Waals surface area contributed by atoms with Crippen molar-refractivity contribution in [1.29, 1.82) is 0 Å². The SMILES string of the molecule is CCc1ccccc1-c1c(C(C)(C)C)ccc2c1C=C(C(C)(C)C)C2. The molecule has 1 aliphatic carbocycles. The number of benzene rings is 2. The summed E-state index contributed by atoms with van der Waals surface area (Å²) in [4.78, 5) is 0. The Hall–Kier alpha value is -1.82. The average Bonchev–Trinajstić information content (AvgIpc) is 2.97. The molecule has 0 radical (unpaired) electrons. The van der Waals surface area contributed by atoms with Crippen LogP contribution in [0.4, 0.5) is 0 Å². The largest absolute Gasteiger partial charge is 0.0620 e. The molecule has 0 bridgehead atoms. The second kappa shape index (κ2) is 6.16. The number of hydrogen-bond donors (Lipinski definition) is 0. The zero-order valence-electron chi connectivity index (χ0n) is 17.0. The lowest BCUT2D eigenvalue weighted by Crippen LogP contribution is -2.14. The van der Waals surface area contributed by atoms with Crippen LogP contribution >= 0.6 is 0 Å². The second-order valence-corrected chi connectivity index (χ2v) is 9.42. The molecular weight excluding hydrogens is 300 g/mol. The summed E-state index contributed by atoms with van der Waals surface area (Å²) in [7, 11) is 0. The number of rotatable bonds is 2. The molecule has 25 heavy (non-hydrogen) atoms. The van der Waals surface area contributed by atoms with Crippen LogP contribution < -0.4 is 0 Å². The van der Waals surface area contributed by atoms with Crippen molar-refractivity contribution in [3.63, 3.8) is 0 Å². The summed E-state index contributed by atoms with van der Waals surface area (Å²) in [5.41, 5.74) is 10.6. The summed E-state index contributed by atoms with van der Waals surface area (Å²) in [6.07, 6.45) is 4.64. The molecule has 0 aromatic heterocycles. The van der Waals surface area contributed by atoms with Gasteiger partial charge in [-0.25, -0.2) is 0 Å². The van der Waals surface area contributed by atoms with Crippen LogP contribution in [0.25, 0.3) is 17.2 Å². The minimum Gasteiger partial charge on any atom is -0.0620 e. The van der Waals surface area contributed by atoms with Crippen molar-refractivity contribution >= 4 is 6.08 Å². The van der Waals surface area contributed by atoms with Crippen molar-refractivity contribution < 1.29 is 0 Å². The van der Waals surface area contributed by atoms with Crippen LogP contribution in [0.1, 0.15) is 70.7 Å². The van der Waals surface area contributed by atoms with Gasteiger partial charge >= 0.3 is 0 Å². The third-order valence-corrected chi connectivity index (χ3v) is 5.47. The molecule has 0 heteroatoms. The third-order valence-electron chi connectivity index (χ3n) is 5.47. The first kappa shape index (κ1) is 18.0. The van der Waals surface area contributed by atoms with E-state index in [1.54, 1.807) is 5.57 Å². The van der Waals surface area contributed by atoms with Crippen LogP contribution in [0.3, 0.4) is 0 Å². The summed E-state index contributed by atoms with van der Waals surface area (Å²) in [6.45, 7) is 16.2. The minimum atomic E-state index is 0.129. The van der Waals surface area contributed by atoms with Gasteiger partial charge in [0.2, 0.25) is 0 Å². The van der Waals surface area contributed by atoms with E-state index in [1.165, 1.54) is 33.4 Å². The standard InChI is InChI=1S/C25H32/c1-8-17-11-9-10-12-20(17)23-21-16-19(24(2,3)4)15-18(21)13-14-22(23)25(5,6)7/h9-14,16H,8,15H2,1-7H3. The lowest BCUT2D eigenvalue weighted by molar-refractivity contribution is 0.498. The van der Waals surface area contributed by atoms with Gasteiger partial charge in [-0.2, -0.15) is 0 Å². The highest BCUT2D eigenvalue weighted by atomic mass is 14.3. The van der Waals surface area contributed by atoms with Gasteiger partial charge in [0.15, 0.2) is 0 Å². The molecule has 2 aromatic carbocycles. The molecule has 0 spiro atoms. The van der Waals surface area contributed by atoms with Gasteiger partial charge < -0.3 is 0 Å². The van der Waals surface area contributed by atoms with E-state index >= 15 is 0 Å². The topological polar surface area (TPSA) is 0 Å². The first-order chi connectivity index (χ1) is 11.6. The molecule has 0 N–H and O–H groups in total. The predicted molar refractivity (Wildman–Crippen MR) is 111 cm³/mol. The molecule has 0 amide bonds. The van der Waals surface area contributed by atoms with Gasteiger partial charge in [0.05, 0.1) is 0 Å². The van der Waals surface area contributed by atoms with Crippen LogP contribution in [0.15, 0.2) is 42.0 Å². The molecule has 2 aromatic rings. The number of fused-ring (bicyclic) bond motifs is 1. The van der Waals surface area contributed by atoms with Crippen molar-refractivity contribution in [2.24, 2.45) is 5.41 Å². The Bertz CT molecular complexity index is 820. The van der Waals surface area contributed by atoms with E-state index < -0.39 is 0 Å². The average molecular weight is 333 g/mol. The maximum Gasteiger partial charge on any atom is -0.00523 e. The lowest BCUT2D eigenvalue weighted by atomic mass is 9.78. The Kier molecular flexibility index (Phi) is 4.43. The van der Waals surface area contributed by atoms with E-state index in [9.17, 15) is 0 Å². The first-order valence-electron chi connectivity index (χ1n) is 9.58. The van der Waals surface area contributed by atoms with E-state index in [1.807, 2.05) is 0 Å². The third kappa shape index (κ3) is 3.32. The van der Waals surface area contributed by atoms with Crippen LogP contribution in [-0.4, -0.2) is 0 Å². The molecule has 0 aliphatic heterocycles. The highest BCUT2D eigenvalue weighted by molar-refractivity contribution is 5.85. The van der Waals surface area contributed by atoms with E-state index in [4.69, 9.17) is 0 Å². The normalized spacial score (nSPS) is 14.4. The Morgan fingerprint density at radius 3 is 2.12 bits per heavy atom. The van der Waals surface area contributed by atoms with Gasteiger partial charge in [-0.1, -0.05) is 96.5 Å². The fraction of sp³-hybridized carbons (Fsp3) is 0.440. The number of allylic oxidation sites excluding steroid dienone is 1. The number of aryl methyl sites for hydroxylation is 1. The van der Waals surface area contributed by atoms with Gasteiger partial charge in [0, 0.05) is 0 Å². The summed E-state index contributed by atoms with van der Waals surface area (Å²) in [5, 5.41) is 0. The Labute approximate surface area is 154 Å². The maximum absolute atomic E-state index is 2.48. The summed E-state index contributed by atoms with van der Waals surface area (Å²) in [6, 6.07) is 13.7. The van der Waals surface area contributed by atoms with Gasteiger partial charge in [-0.05, 0) is 57.1 Å². The zero-order chi connectivity index (χ0) is 18.4. The highest BCUT2D eigenvalue weighted by Crippen LogP contribution is 2.45. The molecule has 3 rings (SSSR count). The summed E-state index contributed by atoms with van der Waals surface area (Å²) < 4.78 is 0. The number of hydrogen-bond acceptors (Lipinski definition) is 0. The van der Waals surface area contributed by atoms with Crippen molar-refractivity contribution in [2.75, 3.05) is 0 Å². The Morgan fingerprint density at radius 2 is 1.52 bits per heavy atom. The molecule has 0 unspecified atom stereocenters. The molecule has 0 atom stereocenters. The van der Waals surface area contributed by atoms with Crippen LogP contribution in [-0.2, 0) is 18.3 Å². The molecular formula is C25H32. The van der Waals surface area contributed by atoms with Crippen molar-refractivity contribution in [3.8, 4) is 11.1 Å². The van der Waals surface area contributed by atoms with E-state index in [0.717, 1.165) is 12.8 Å². The fourth-order valence-corrected chi connectivity index (χ4v) is 3.88. The van der Waals surface area contributed by atoms with Gasteiger partial charge in [-0.15, -0.1) is 0 Å². The molecule has 132 valence electrons. The van der Waals surface area contributed by atoms with Crippen LogP contribution in [0.5, 0.6) is 0 Å². The van der Waals surface area contributed by atoms with Crippen LogP contribution in [0, 0.1) is 5.41 Å². The molecule has 0 nitrogen and oxygen atoms in total. The van der Waals surface area contributed by atoms with Crippen molar-refractivity contribution in [2.45, 2.75) is 66.7 Å². The molecule has 0 heterocycles. The quantitative estimate of drug-likeness (QED) is 0.545. The Morgan fingerprint density at radius 1 is 0.840 bits per heavy atom. The smallest absolute Gasteiger partial charge is 0.00523 e. The molecule has 0 saturated carbocycles. The highest BCUT2D eigenvalue weighted by Gasteiger charge is 2.29. The monoisotopic (exact) mass is 332 g/mol. The van der Waals surface area contributed by atoms with Gasteiger partial charge in [-0.3, -0.25) is 0 Å². The van der Waals surface area contributed by atoms with E-state index in [0.29, 0.717) is 0 Å². The van der Waals surface area contributed by atoms with Gasteiger partial charge in [0.25, 0.3) is 0 Å². The molecule has 0 fully saturated rings. The van der Waals surface area contributed by atoms with E-state index in [-0.39, 0.29) is 10.8 Å². The fourth-order valence-electron chi connectivity index (χ4n) is 3.88. The van der Waals surface area contributed by atoms with Gasteiger partial charge in [0.1, 0.15) is 0 Å².